The minimum absolute atomic E-state index is 0.0650. The molecule has 0 spiro atoms. The van der Waals surface area contributed by atoms with Crippen LogP contribution in [0.2, 0.25) is 5.02 Å². The van der Waals surface area contributed by atoms with E-state index in [1.807, 2.05) is 6.92 Å². The molecule has 0 amide bonds. The quantitative estimate of drug-likeness (QED) is 0.326. The van der Waals surface area contributed by atoms with Crippen molar-refractivity contribution in [2.45, 2.75) is 30.8 Å². The molecule has 4 aromatic rings. The van der Waals surface area contributed by atoms with E-state index >= 15 is 0 Å². The molecule has 0 radical (unpaired) electrons. The van der Waals surface area contributed by atoms with Crippen molar-refractivity contribution in [3.05, 3.63) is 83.3 Å². The van der Waals surface area contributed by atoms with E-state index < -0.39 is 21.8 Å². The Morgan fingerprint density at radius 1 is 1.00 bits per heavy atom. The van der Waals surface area contributed by atoms with Crippen LogP contribution in [0.4, 0.5) is 13.2 Å². The summed E-state index contributed by atoms with van der Waals surface area (Å²) < 4.78 is 66.6. The van der Waals surface area contributed by atoms with E-state index in [1.165, 1.54) is 34.6 Å². The number of nitrogens with zero attached hydrogens (tertiary/aromatic N) is 2. The monoisotopic (exact) mass is 478 g/mol. The van der Waals surface area contributed by atoms with E-state index in [9.17, 15) is 21.6 Å². The summed E-state index contributed by atoms with van der Waals surface area (Å²) in [4.78, 5) is 3.96. The van der Waals surface area contributed by atoms with Gasteiger partial charge in [-0.05, 0) is 53.9 Å². The van der Waals surface area contributed by atoms with E-state index in [4.69, 9.17) is 11.6 Å². The maximum Gasteiger partial charge on any atom is 0.416 e. The first kappa shape index (κ1) is 22.4. The van der Waals surface area contributed by atoms with Crippen LogP contribution in [0.1, 0.15) is 24.5 Å². The van der Waals surface area contributed by atoms with E-state index in [0.29, 0.717) is 28.1 Å². The highest BCUT2D eigenvalue weighted by atomic mass is 35.5. The lowest BCUT2D eigenvalue weighted by Gasteiger charge is -2.10. The normalized spacial score (nSPS) is 12.4. The number of alkyl halides is 3. The number of hydrogen-bond donors (Lipinski definition) is 0. The number of aryl methyl sites for hydroxylation is 1. The maximum atomic E-state index is 13.5. The van der Waals surface area contributed by atoms with Gasteiger partial charge in [0.1, 0.15) is 4.90 Å². The third-order valence-corrected chi connectivity index (χ3v) is 7.02. The first-order valence-corrected chi connectivity index (χ1v) is 11.6. The predicted octanol–water partition coefficient (Wildman–Crippen LogP) is 6.57. The Hall–Kier alpha value is -2.84. The van der Waals surface area contributed by atoms with E-state index in [-0.39, 0.29) is 4.90 Å². The summed E-state index contributed by atoms with van der Waals surface area (Å²) in [5.41, 5.74) is 1.41. The second kappa shape index (κ2) is 8.26. The molecule has 0 saturated carbocycles. The van der Waals surface area contributed by atoms with Gasteiger partial charge in [-0.15, -0.1) is 0 Å². The van der Waals surface area contributed by atoms with Gasteiger partial charge in [0, 0.05) is 34.6 Å². The highest BCUT2D eigenvalue weighted by Gasteiger charge is 2.30. The third kappa shape index (κ3) is 4.12. The number of halogens is 4. The largest absolute Gasteiger partial charge is 0.416 e. The SMILES string of the molecule is CCCc1cn(S(=O)(=O)c2cncc(-c3ccc(C(F)(F)F)cc3)c2)c2ccc(Cl)cc12. The van der Waals surface area contributed by atoms with Gasteiger partial charge < -0.3 is 0 Å². The van der Waals surface area contributed by atoms with Crippen LogP contribution in [0.5, 0.6) is 0 Å². The van der Waals surface area contributed by atoms with E-state index in [2.05, 4.69) is 4.98 Å². The van der Waals surface area contributed by atoms with Crippen LogP contribution in [0.15, 0.2) is 72.0 Å². The lowest BCUT2D eigenvalue weighted by molar-refractivity contribution is -0.137. The smallest absolute Gasteiger partial charge is 0.263 e. The molecular formula is C23H18ClF3N2O2S. The number of fused-ring (bicyclic) bond motifs is 1. The molecule has 166 valence electrons. The molecule has 4 nitrogen and oxygen atoms in total. The molecule has 9 heteroatoms. The third-order valence-electron chi connectivity index (χ3n) is 5.15. The highest BCUT2D eigenvalue weighted by Crippen LogP contribution is 2.32. The molecule has 2 aromatic heterocycles. The summed E-state index contributed by atoms with van der Waals surface area (Å²) in [7, 11) is -4.01. The zero-order valence-electron chi connectivity index (χ0n) is 16.9. The summed E-state index contributed by atoms with van der Waals surface area (Å²) in [5, 5.41) is 1.27. The molecule has 0 aliphatic heterocycles. The van der Waals surface area contributed by atoms with Crippen molar-refractivity contribution in [3.63, 3.8) is 0 Å². The maximum absolute atomic E-state index is 13.5. The Morgan fingerprint density at radius 2 is 1.72 bits per heavy atom. The fourth-order valence-corrected chi connectivity index (χ4v) is 5.14. The molecule has 2 heterocycles. The molecule has 0 N–H and O–H groups in total. The lowest BCUT2D eigenvalue weighted by Crippen LogP contribution is -2.12. The average molecular weight is 479 g/mol. The van der Waals surface area contributed by atoms with Crippen LogP contribution in [0, 0.1) is 0 Å². The standard InChI is InChI=1S/C23H18ClF3N2O2S/c1-2-3-16-14-29(22-9-8-19(24)11-21(16)22)32(30,31)20-10-17(12-28-13-20)15-4-6-18(7-5-15)23(25,26)27/h4-14H,2-3H2,1H3. The number of rotatable bonds is 5. The number of benzene rings is 2. The average Bonchev–Trinajstić information content (AvgIpc) is 3.12. The van der Waals surface area contributed by atoms with Crippen LogP contribution < -0.4 is 0 Å². The van der Waals surface area contributed by atoms with Gasteiger partial charge in [-0.2, -0.15) is 13.2 Å². The van der Waals surface area contributed by atoms with Gasteiger partial charge in [0.2, 0.25) is 0 Å². The molecule has 0 fully saturated rings. The number of aromatic nitrogens is 2. The Bertz CT molecular complexity index is 1400. The Labute approximate surface area is 188 Å². The number of pyridine rings is 1. The zero-order valence-corrected chi connectivity index (χ0v) is 18.5. The van der Waals surface area contributed by atoms with Gasteiger partial charge in [0.25, 0.3) is 10.0 Å². The molecule has 0 bridgehead atoms. The van der Waals surface area contributed by atoms with Gasteiger partial charge in [0.15, 0.2) is 0 Å². The van der Waals surface area contributed by atoms with Crippen LogP contribution in [-0.2, 0) is 22.6 Å². The van der Waals surface area contributed by atoms with Crippen molar-refractivity contribution in [3.8, 4) is 11.1 Å². The lowest BCUT2D eigenvalue weighted by atomic mass is 10.1. The van der Waals surface area contributed by atoms with Crippen molar-refractivity contribution in [2.24, 2.45) is 0 Å². The Kier molecular flexibility index (Phi) is 5.77. The molecule has 4 rings (SSSR count). The molecule has 0 saturated heterocycles. The van der Waals surface area contributed by atoms with Gasteiger partial charge in [-0.3, -0.25) is 4.98 Å². The van der Waals surface area contributed by atoms with E-state index in [1.54, 1.807) is 24.4 Å². The Balaban J connectivity index is 1.79. The van der Waals surface area contributed by atoms with Crippen molar-refractivity contribution in [2.75, 3.05) is 0 Å². The Morgan fingerprint density at radius 3 is 2.38 bits per heavy atom. The summed E-state index contributed by atoms with van der Waals surface area (Å²) in [6.07, 6.45) is 1.29. The molecular weight excluding hydrogens is 461 g/mol. The first-order valence-electron chi connectivity index (χ1n) is 9.79. The van der Waals surface area contributed by atoms with Crippen LogP contribution in [0.3, 0.4) is 0 Å². The van der Waals surface area contributed by atoms with Crippen molar-refractivity contribution in [1.82, 2.24) is 8.96 Å². The molecule has 0 atom stereocenters. The van der Waals surface area contributed by atoms with Crippen molar-refractivity contribution >= 4 is 32.5 Å². The fourth-order valence-electron chi connectivity index (χ4n) is 3.59. The van der Waals surface area contributed by atoms with Gasteiger partial charge in [0.05, 0.1) is 11.1 Å². The first-order chi connectivity index (χ1) is 15.1. The summed E-state index contributed by atoms with van der Waals surface area (Å²) in [5.74, 6) is 0. The van der Waals surface area contributed by atoms with Gasteiger partial charge in [-0.1, -0.05) is 37.1 Å². The second-order valence-corrected chi connectivity index (χ2v) is 9.60. The second-order valence-electron chi connectivity index (χ2n) is 7.35. The van der Waals surface area contributed by atoms with Crippen molar-refractivity contribution in [1.29, 1.82) is 0 Å². The zero-order chi connectivity index (χ0) is 23.1. The summed E-state index contributed by atoms with van der Waals surface area (Å²) in [6.45, 7) is 2.00. The molecule has 2 aromatic carbocycles. The molecule has 0 unspecified atom stereocenters. The summed E-state index contributed by atoms with van der Waals surface area (Å²) >= 11 is 6.12. The van der Waals surface area contributed by atoms with E-state index in [0.717, 1.165) is 29.5 Å². The van der Waals surface area contributed by atoms with Crippen LogP contribution >= 0.6 is 11.6 Å². The number of hydrogen-bond acceptors (Lipinski definition) is 3. The highest BCUT2D eigenvalue weighted by molar-refractivity contribution is 7.90. The van der Waals surface area contributed by atoms with Crippen LogP contribution in [0.25, 0.3) is 22.0 Å². The topological polar surface area (TPSA) is 52.0 Å². The fraction of sp³-hybridized carbons (Fsp3) is 0.174. The predicted molar refractivity (Wildman–Crippen MR) is 118 cm³/mol. The minimum Gasteiger partial charge on any atom is -0.263 e. The molecule has 0 aliphatic carbocycles. The van der Waals surface area contributed by atoms with Gasteiger partial charge in [-0.25, -0.2) is 12.4 Å². The van der Waals surface area contributed by atoms with Crippen LogP contribution in [-0.4, -0.2) is 17.4 Å². The molecule has 32 heavy (non-hydrogen) atoms. The van der Waals surface area contributed by atoms with Crippen molar-refractivity contribution < 1.29 is 21.6 Å². The minimum atomic E-state index is -4.45. The molecule has 0 aliphatic rings. The van der Waals surface area contributed by atoms with Gasteiger partial charge >= 0.3 is 6.18 Å². The summed E-state index contributed by atoms with van der Waals surface area (Å²) in [6, 6.07) is 10.9.